The van der Waals surface area contributed by atoms with Crippen molar-refractivity contribution in [2.24, 2.45) is 0 Å². The van der Waals surface area contributed by atoms with Crippen LogP contribution in [0.1, 0.15) is 19.4 Å². The lowest BCUT2D eigenvalue weighted by Gasteiger charge is -2.16. The second kappa shape index (κ2) is 7.79. The van der Waals surface area contributed by atoms with Crippen molar-refractivity contribution in [2.75, 3.05) is 10.6 Å². The monoisotopic (exact) mass is 323 g/mol. The summed E-state index contributed by atoms with van der Waals surface area (Å²) in [4.78, 5) is 23.3. The van der Waals surface area contributed by atoms with Crippen LogP contribution in [0.4, 0.5) is 11.4 Å². The van der Waals surface area contributed by atoms with Crippen LogP contribution in [-0.2, 0) is 9.59 Å². The maximum absolute atomic E-state index is 12.2. The Hall–Kier alpha value is -3.33. The van der Waals surface area contributed by atoms with Crippen LogP contribution in [0.25, 0.3) is 0 Å². The maximum atomic E-state index is 12.2. The Morgan fingerprint density at radius 3 is 2.42 bits per heavy atom. The molecule has 0 aliphatic rings. The standard InChI is InChI=1S/C18H17N3O3/c1-12(24-17-9-4-3-6-14(17)11-19)18(23)21-16-8-5-7-15(10-16)20-13(2)22/h3-10,12H,1-2H3,(H,20,22)(H,21,23). The van der Waals surface area contributed by atoms with Crippen LogP contribution in [0.3, 0.4) is 0 Å². The minimum atomic E-state index is -0.788. The van der Waals surface area contributed by atoms with Gasteiger partial charge in [0.1, 0.15) is 11.8 Å². The van der Waals surface area contributed by atoms with E-state index in [-0.39, 0.29) is 11.8 Å². The first kappa shape index (κ1) is 17.0. The van der Waals surface area contributed by atoms with E-state index in [0.717, 1.165) is 0 Å². The van der Waals surface area contributed by atoms with E-state index in [9.17, 15) is 9.59 Å². The zero-order chi connectivity index (χ0) is 17.5. The van der Waals surface area contributed by atoms with E-state index in [1.54, 1.807) is 55.5 Å². The van der Waals surface area contributed by atoms with Gasteiger partial charge in [0.05, 0.1) is 5.56 Å². The van der Waals surface area contributed by atoms with Crippen molar-refractivity contribution in [2.45, 2.75) is 20.0 Å². The molecular formula is C18H17N3O3. The lowest BCUT2D eigenvalue weighted by atomic mass is 10.2. The molecule has 1 atom stereocenters. The highest BCUT2D eigenvalue weighted by Crippen LogP contribution is 2.19. The molecule has 0 aromatic heterocycles. The van der Waals surface area contributed by atoms with Gasteiger partial charge < -0.3 is 15.4 Å². The average Bonchev–Trinajstić information content (AvgIpc) is 2.55. The molecule has 0 fully saturated rings. The second-order valence-electron chi connectivity index (χ2n) is 5.12. The summed E-state index contributed by atoms with van der Waals surface area (Å²) in [6.07, 6.45) is -0.788. The van der Waals surface area contributed by atoms with Crippen molar-refractivity contribution < 1.29 is 14.3 Å². The Bertz CT molecular complexity index is 796. The molecule has 0 spiro atoms. The highest BCUT2D eigenvalue weighted by molar-refractivity contribution is 5.95. The van der Waals surface area contributed by atoms with E-state index in [4.69, 9.17) is 10.00 Å². The average molecular weight is 323 g/mol. The van der Waals surface area contributed by atoms with Gasteiger partial charge in [-0.1, -0.05) is 18.2 Å². The number of nitrogens with zero attached hydrogens (tertiary/aromatic N) is 1. The van der Waals surface area contributed by atoms with Crippen molar-refractivity contribution in [3.05, 3.63) is 54.1 Å². The van der Waals surface area contributed by atoms with Gasteiger partial charge in [0.2, 0.25) is 5.91 Å². The van der Waals surface area contributed by atoms with Gasteiger partial charge in [-0.3, -0.25) is 9.59 Å². The van der Waals surface area contributed by atoms with E-state index in [2.05, 4.69) is 10.6 Å². The van der Waals surface area contributed by atoms with Gasteiger partial charge in [0, 0.05) is 18.3 Å². The first-order valence-electron chi connectivity index (χ1n) is 7.34. The highest BCUT2D eigenvalue weighted by Gasteiger charge is 2.16. The molecule has 2 amide bonds. The quantitative estimate of drug-likeness (QED) is 0.885. The molecule has 122 valence electrons. The highest BCUT2D eigenvalue weighted by atomic mass is 16.5. The molecule has 0 saturated carbocycles. The summed E-state index contributed by atoms with van der Waals surface area (Å²) in [5.41, 5.74) is 1.49. The molecule has 2 rings (SSSR count). The Morgan fingerprint density at radius 1 is 1.08 bits per heavy atom. The number of carbonyl (C=O) groups is 2. The third-order valence-electron chi connectivity index (χ3n) is 3.13. The smallest absolute Gasteiger partial charge is 0.265 e. The molecule has 1 unspecified atom stereocenters. The molecule has 2 aromatic rings. The van der Waals surface area contributed by atoms with Crippen molar-refractivity contribution >= 4 is 23.2 Å². The summed E-state index contributed by atoms with van der Waals surface area (Å²) in [6.45, 7) is 3.01. The van der Waals surface area contributed by atoms with Crippen LogP contribution in [0, 0.1) is 11.3 Å². The van der Waals surface area contributed by atoms with Gasteiger partial charge in [-0.25, -0.2) is 0 Å². The number of benzene rings is 2. The molecule has 6 nitrogen and oxygen atoms in total. The zero-order valence-corrected chi connectivity index (χ0v) is 13.4. The minimum Gasteiger partial charge on any atom is -0.480 e. The molecule has 6 heteroatoms. The maximum Gasteiger partial charge on any atom is 0.265 e. The molecule has 0 aliphatic carbocycles. The number of hydrogen-bond acceptors (Lipinski definition) is 4. The van der Waals surface area contributed by atoms with Crippen LogP contribution in [0.15, 0.2) is 48.5 Å². The summed E-state index contributed by atoms with van der Waals surface area (Å²) in [5, 5.41) is 14.4. The van der Waals surface area contributed by atoms with E-state index < -0.39 is 6.10 Å². The van der Waals surface area contributed by atoms with Crippen molar-refractivity contribution in [1.82, 2.24) is 0 Å². The Balaban J connectivity index is 2.04. The Kier molecular flexibility index (Phi) is 5.53. The van der Waals surface area contributed by atoms with E-state index in [1.807, 2.05) is 6.07 Å². The van der Waals surface area contributed by atoms with Gasteiger partial charge in [0.15, 0.2) is 6.10 Å². The number of anilines is 2. The molecule has 24 heavy (non-hydrogen) atoms. The number of carbonyl (C=O) groups excluding carboxylic acids is 2. The molecule has 0 bridgehead atoms. The van der Waals surface area contributed by atoms with Crippen LogP contribution in [0.5, 0.6) is 5.75 Å². The van der Waals surface area contributed by atoms with Gasteiger partial charge in [-0.15, -0.1) is 0 Å². The van der Waals surface area contributed by atoms with Crippen molar-refractivity contribution in [3.8, 4) is 11.8 Å². The number of amides is 2. The second-order valence-corrected chi connectivity index (χ2v) is 5.12. The SMILES string of the molecule is CC(=O)Nc1cccc(NC(=O)C(C)Oc2ccccc2C#N)c1. The van der Waals surface area contributed by atoms with Crippen LogP contribution >= 0.6 is 0 Å². The summed E-state index contributed by atoms with van der Waals surface area (Å²) in [6, 6.07) is 15.5. The Morgan fingerprint density at radius 2 is 1.75 bits per heavy atom. The summed E-state index contributed by atoms with van der Waals surface area (Å²) >= 11 is 0. The Labute approximate surface area is 140 Å². The number of nitriles is 1. The predicted octanol–water partition coefficient (Wildman–Crippen LogP) is 2.92. The number of para-hydroxylation sites is 1. The summed E-state index contributed by atoms with van der Waals surface area (Å²) in [7, 11) is 0. The third kappa shape index (κ3) is 4.58. The van der Waals surface area contributed by atoms with Crippen LogP contribution in [0.2, 0.25) is 0 Å². The molecule has 0 radical (unpaired) electrons. The number of rotatable bonds is 5. The minimum absolute atomic E-state index is 0.191. The van der Waals surface area contributed by atoms with Gasteiger partial charge in [-0.2, -0.15) is 5.26 Å². The topological polar surface area (TPSA) is 91.2 Å². The first-order valence-corrected chi connectivity index (χ1v) is 7.34. The van der Waals surface area contributed by atoms with E-state index in [0.29, 0.717) is 22.7 Å². The van der Waals surface area contributed by atoms with Crippen molar-refractivity contribution in [3.63, 3.8) is 0 Å². The fraction of sp³-hybridized carbons (Fsp3) is 0.167. The van der Waals surface area contributed by atoms with Gasteiger partial charge in [0.25, 0.3) is 5.91 Å². The molecule has 2 aromatic carbocycles. The lowest BCUT2D eigenvalue weighted by Crippen LogP contribution is -2.30. The van der Waals surface area contributed by atoms with Crippen LogP contribution < -0.4 is 15.4 Å². The summed E-state index contributed by atoms with van der Waals surface area (Å²) in [5.74, 6) is -0.194. The third-order valence-corrected chi connectivity index (χ3v) is 3.13. The fourth-order valence-corrected chi connectivity index (χ4v) is 2.03. The number of hydrogen-bond donors (Lipinski definition) is 2. The largest absolute Gasteiger partial charge is 0.480 e. The van der Waals surface area contributed by atoms with E-state index in [1.165, 1.54) is 6.92 Å². The predicted molar refractivity (Wildman–Crippen MR) is 90.6 cm³/mol. The van der Waals surface area contributed by atoms with Gasteiger partial charge in [-0.05, 0) is 37.3 Å². The first-order chi connectivity index (χ1) is 11.5. The molecule has 0 aliphatic heterocycles. The van der Waals surface area contributed by atoms with Gasteiger partial charge >= 0.3 is 0 Å². The molecular weight excluding hydrogens is 306 g/mol. The zero-order valence-electron chi connectivity index (χ0n) is 13.4. The molecule has 0 saturated heterocycles. The lowest BCUT2D eigenvalue weighted by molar-refractivity contribution is -0.122. The summed E-state index contributed by atoms with van der Waals surface area (Å²) < 4.78 is 5.56. The normalized spacial score (nSPS) is 11.0. The van der Waals surface area contributed by atoms with Crippen LogP contribution in [-0.4, -0.2) is 17.9 Å². The van der Waals surface area contributed by atoms with E-state index >= 15 is 0 Å². The number of ether oxygens (including phenoxy) is 1. The number of nitrogens with one attached hydrogen (secondary N) is 2. The molecule has 0 heterocycles. The fourth-order valence-electron chi connectivity index (χ4n) is 2.03. The molecule has 2 N–H and O–H groups in total. The van der Waals surface area contributed by atoms with Crippen molar-refractivity contribution in [1.29, 1.82) is 5.26 Å².